The van der Waals surface area contributed by atoms with Gasteiger partial charge >= 0.3 is 5.97 Å². The Bertz CT molecular complexity index is 893. The molecule has 1 N–H and O–H groups in total. The molecule has 0 atom stereocenters. The van der Waals surface area contributed by atoms with E-state index in [1.807, 2.05) is 37.3 Å². The van der Waals surface area contributed by atoms with Crippen LogP contribution in [0.2, 0.25) is 0 Å². The van der Waals surface area contributed by atoms with E-state index in [1.165, 1.54) is 0 Å². The second-order valence-corrected chi connectivity index (χ2v) is 5.62. The van der Waals surface area contributed by atoms with Crippen molar-refractivity contribution < 1.29 is 14.7 Å². The van der Waals surface area contributed by atoms with Crippen molar-refractivity contribution >= 4 is 11.8 Å². The average molecular weight is 304 g/mol. The molecule has 3 heteroatoms. The van der Waals surface area contributed by atoms with Crippen molar-refractivity contribution in [1.29, 1.82) is 0 Å². The summed E-state index contributed by atoms with van der Waals surface area (Å²) in [7, 11) is 0. The van der Waals surface area contributed by atoms with Crippen LogP contribution in [-0.4, -0.2) is 16.9 Å². The van der Waals surface area contributed by atoms with Gasteiger partial charge in [0.1, 0.15) is 0 Å². The van der Waals surface area contributed by atoms with Gasteiger partial charge in [0, 0.05) is 11.1 Å². The standard InChI is InChI=1S/C20H16O3/c1-12-7-6-8-14(11-12)19(21)17-13(2)18(20(22)23)16-10-5-3-4-9-15(16)17/h3-11H,1-2H3,(H,22,23). The van der Waals surface area contributed by atoms with E-state index >= 15 is 0 Å². The van der Waals surface area contributed by atoms with Crippen LogP contribution >= 0.6 is 0 Å². The lowest BCUT2D eigenvalue weighted by Crippen LogP contribution is -2.04. The summed E-state index contributed by atoms with van der Waals surface area (Å²) in [4.78, 5) is 24.6. The Morgan fingerprint density at radius 3 is 2.09 bits per heavy atom. The highest BCUT2D eigenvalue weighted by Crippen LogP contribution is 2.37. The first-order valence-electron chi connectivity index (χ1n) is 7.36. The zero-order valence-corrected chi connectivity index (χ0v) is 13.0. The summed E-state index contributed by atoms with van der Waals surface area (Å²) in [5, 5.41) is 9.54. The number of hydrogen-bond acceptors (Lipinski definition) is 2. The largest absolute Gasteiger partial charge is 0.478 e. The van der Waals surface area contributed by atoms with Gasteiger partial charge in [0.05, 0.1) is 5.56 Å². The molecule has 0 bridgehead atoms. The third kappa shape index (κ3) is 2.50. The quantitative estimate of drug-likeness (QED) is 0.732. The molecule has 2 aliphatic carbocycles. The molecule has 0 radical (unpaired) electrons. The molecule has 2 aliphatic rings. The highest BCUT2D eigenvalue weighted by atomic mass is 16.4. The molecule has 1 aromatic carbocycles. The molecule has 1 aromatic rings. The van der Waals surface area contributed by atoms with Gasteiger partial charge in [0.2, 0.25) is 0 Å². The van der Waals surface area contributed by atoms with Gasteiger partial charge in [-0.25, -0.2) is 4.79 Å². The van der Waals surface area contributed by atoms with Gasteiger partial charge in [-0.3, -0.25) is 4.79 Å². The van der Waals surface area contributed by atoms with E-state index in [9.17, 15) is 14.7 Å². The summed E-state index contributed by atoms with van der Waals surface area (Å²) in [6.45, 7) is 3.63. The number of carboxylic acid groups (broad SMARTS) is 1. The number of carbonyl (C=O) groups excluding carboxylic acids is 1. The number of benzene rings is 1. The lowest BCUT2D eigenvalue weighted by atomic mass is 9.98. The molecular weight excluding hydrogens is 288 g/mol. The van der Waals surface area contributed by atoms with Crippen molar-refractivity contribution in [3.8, 4) is 11.1 Å². The van der Waals surface area contributed by atoms with Gasteiger partial charge in [-0.15, -0.1) is 0 Å². The Morgan fingerprint density at radius 1 is 0.826 bits per heavy atom. The SMILES string of the molecule is Cc1cccc(C(=O)c2c3cccccc-3c(C(=O)O)c2C)c1. The molecule has 0 saturated carbocycles. The Kier molecular flexibility index (Phi) is 3.70. The molecular formula is C20H16O3. The van der Waals surface area contributed by atoms with Crippen molar-refractivity contribution in [1.82, 2.24) is 0 Å². The molecule has 0 aromatic heterocycles. The molecule has 114 valence electrons. The third-order valence-electron chi connectivity index (χ3n) is 4.05. The maximum atomic E-state index is 13.0. The fourth-order valence-corrected chi connectivity index (χ4v) is 3.01. The third-order valence-corrected chi connectivity index (χ3v) is 4.05. The zero-order valence-electron chi connectivity index (χ0n) is 13.0. The summed E-state index contributed by atoms with van der Waals surface area (Å²) >= 11 is 0. The number of rotatable bonds is 3. The van der Waals surface area contributed by atoms with Crippen LogP contribution in [0.15, 0.2) is 54.6 Å². The lowest BCUT2D eigenvalue weighted by molar-refractivity contribution is 0.0697. The maximum Gasteiger partial charge on any atom is 0.336 e. The van der Waals surface area contributed by atoms with Crippen molar-refractivity contribution in [2.75, 3.05) is 0 Å². The number of carboxylic acids is 1. The Hall–Kier alpha value is -2.94. The number of aromatic carboxylic acids is 1. The van der Waals surface area contributed by atoms with Gasteiger partial charge in [-0.1, -0.05) is 54.1 Å². The normalized spacial score (nSPS) is 10.7. The molecule has 0 fully saturated rings. The molecule has 0 heterocycles. The zero-order chi connectivity index (χ0) is 16.6. The summed E-state index contributed by atoms with van der Waals surface area (Å²) in [6, 6.07) is 16.3. The topological polar surface area (TPSA) is 54.4 Å². The molecule has 23 heavy (non-hydrogen) atoms. The molecule has 0 saturated heterocycles. The predicted octanol–water partition coefficient (Wildman–Crippen LogP) is 4.34. The van der Waals surface area contributed by atoms with E-state index < -0.39 is 5.97 Å². The minimum Gasteiger partial charge on any atom is -0.478 e. The number of hydrogen-bond donors (Lipinski definition) is 1. The Labute approximate surface area is 134 Å². The van der Waals surface area contributed by atoms with Crippen LogP contribution in [0.4, 0.5) is 0 Å². The van der Waals surface area contributed by atoms with E-state index in [-0.39, 0.29) is 11.3 Å². The monoisotopic (exact) mass is 304 g/mol. The summed E-state index contributed by atoms with van der Waals surface area (Å²) in [6.07, 6.45) is 0. The van der Waals surface area contributed by atoms with Crippen LogP contribution in [0.5, 0.6) is 0 Å². The highest BCUT2D eigenvalue weighted by Gasteiger charge is 2.28. The predicted molar refractivity (Wildman–Crippen MR) is 89.4 cm³/mol. The van der Waals surface area contributed by atoms with Crippen molar-refractivity contribution in [3.63, 3.8) is 0 Å². The van der Waals surface area contributed by atoms with Crippen LogP contribution in [0.25, 0.3) is 11.1 Å². The van der Waals surface area contributed by atoms with Crippen LogP contribution < -0.4 is 0 Å². The molecule has 0 amide bonds. The van der Waals surface area contributed by atoms with Gasteiger partial charge in [0.25, 0.3) is 0 Å². The van der Waals surface area contributed by atoms with E-state index in [4.69, 9.17) is 0 Å². The average Bonchev–Trinajstić information content (AvgIpc) is 2.64. The second-order valence-electron chi connectivity index (χ2n) is 5.62. The molecule has 3 nitrogen and oxygen atoms in total. The van der Waals surface area contributed by atoms with Gasteiger partial charge in [-0.05, 0) is 36.6 Å². The first-order valence-corrected chi connectivity index (χ1v) is 7.36. The van der Waals surface area contributed by atoms with E-state index in [2.05, 4.69) is 0 Å². The van der Waals surface area contributed by atoms with Crippen LogP contribution in [0.3, 0.4) is 0 Å². The highest BCUT2D eigenvalue weighted by molar-refractivity contribution is 6.18. The first-order chi connectivity index (χ1) is 11.0. The number of aryl methyl sites for hydroxylation is 1. The molecule has 0 aliphatic heterocycles. The van der Waals surface area contributed by atoms with Crippen molar-refractivity contribution in [3.05, 3.63) is 82.4 Å². The summed E-state index contributed by atoms with van der Waals surface area (Å²) < 4.78 is 0. The maximum absolute atomic E-state index is 13.0. The van der Waals surface area contributed by atoms with E-state index in [1.54, 1.807) is 31.2 Å². The molecule has 0 unspecified atom stereocenters. The molecule has 0 spiro atoms. The smallest absolute Gasteiger partial charge is 0.336 e. The van der Waals surface area contributed by atoms with Gasteiger partial charge in [0.15, 0.2) is 5.78 Å². The van der Waals surface area contributed by atoms with Crippen LogP contribution in [0.1, 0.15) is 37.4 Å². The number of carbonyl (C=O) groups is 2. The van der Waals surface area contributed by atoms with Gasteiger partial charge < -0.3 is 5.11 Å². The second kappa shape index (κ2) is 5.69. The summed E-state index contributed by atoms with van der Waals surface area (Å²) in [5.41, 5.74) is 4.03. The minimum absolute atomic E-state index is 0.144. The van der Waals surface area contributed by atoms with Crippen molar-refractivity contribution in [2.24, 2.45) is 0 Å². The number of fused-ring (bicyclic) bond motifs is 1. The van der Waals surface area contributed by atoms with E-state index in [0.717, 1.165) is 5.56 Å². The minimum atomic E-state index is -1.01. The van der Waals surface area contributed by atoms with Crippen LogP contribution in [0, 0.1) is 13.8 Å². The van der Waals surface area contributed by atoms with Gasteiger partial charge in [-0.2, -0.15) is 0 Å². The Balaban J connectivity index is 2.29. The fraction of sp³-hybridized carbons (Fsp3) is 0.100. The summed E-state index contributed by atoms with van der Waals surface area (Å²) in [5.74, 6) is -1.16. The lowest BCUT2D eigenvalue weighted by Gasteiger charge is -2.04. The van der Waals surface area contributed by atoms with Crippen molar-refractivity contribution in [2.45, 2.75) is 13.8 Å². The fourth-order valence-electron chi connectivity index (χ4n) is 3.01. The number of ketones is 1. The first kappa shape index (κ1) is 15.0. The molecule has 3 rings (SSSR count). The van der Waals surface area contributed by atoms with Crippen LogP contribution in [-0.2, 0) is 0 Å². The Morgan fingerprint density at radius 2 is 1.48 bits per heavy atom. The van der Waals surface area contributed by atoms with E-state index in [0.29, 0.717) is 27.8 Å².